The summed E-state index contributed by atoms with van der Waals surface area (Å²) in [5.41, 5.74) is 3.81. The lowest BCUT2D eigenvalue weighted by Gasteiger charge is -2.26. The highest BCUT2D eigenvalue weighted by Gasteiger charge is 2.58. The second-order valence-electron chi connectivity index (χ2n) is 9.16. The zero-order valence-electron chi connectivity index (χ0n) is 18.3. The highest BCUT2D eigenvalue weighted by molar-refractivity contribution is 7.19. The molecule has 2 saturated heterocycles. The molecule has 2 atom stereocenters. The van der Waals surface area contributed by atoms with E-state index in [1.807, 2.05) is 31.2 Å². The molecule has 1 aliphatic carbocycles. The fraction of sp³-hybridized carbons (Fsp3) is 0.400. The van der Waals surface area contributed by atoms with Crippen molar-refractivity contribution < 1.29 is 14.3 Å². The zero-order valence-corrected chi connectivity index (χ0v) is 19.8. The van der Waals surface area contributed by atoms with Crippen molar-refractivity contribution in [2.75, 3.05) is 13.1 Å². The number of aryl methyl sites for hydroxylation is 1. The minimum Gasteiger partial charge on any atom is -0.489 e. The van der Waals surface area contributed by atoms with Crippen molar-refractivity contribution in [2.45, 2.75) is 38.8 Å². The standard InChI is InChI=1S/C25H24ClN3O3S/c1-13-8-14(26)9-18(22(13)32-15-2-5-27-6-3-15)17-4-7-28-21-10-16(33-23(17)21)12-29-24(30)19-11-20(19)25(29)31/h4,7-10,15,19-20,27H,2-3,5-6,11-12H2,1H3. The van der Waals surface area contributed by atoms with Gasteiger partial charge < -0.3 is 10.1 Å². The van der Waals surface area contributed by atoms with E-state index < -0.39 is 0 Å². The number of carbonyl (C=O) groups excluding carboxylic acids is 2. The van der Waals surface area contributed by atoms with E-state index in [9.17, 15) is 9.59 Å². The lowest BCUT2D eigenvalue weighted by atomic mass is 10.0. The Morgan fingerprint density at radius 2 is 1.91 bits per heavy atom. The van der Waals surface area contributed by atoms with Crippen LogP contribution in [-0.4, -0.2) is 40.9 Å². The van der Waals surface area contributed by atoms with E-state index in [-0.39, 0.29) is 29.8 Å². The molecule has 3 fully saturated rings. The number of likely N-dealkylation sites (tertiary alicyclic amines) is 1. The van der Waals surface area contributed by atoms with Crippen molar-refractivity contribution in [1.82, 2.24) is 15.2 Å². The van der Waals surface area contributed by atoms with Gasteiger partial charge >= 0.3 is 0 Å². The number of nitrogens with one attached hydrogen (secondary N) is 1. The van der Waals surface area contributed by atoms with Crippen LogP contribution in [0.25, 0.3) is 21.3 Å². The van der Waals surface area contributed by atoms with Crippen molar-refractivity contribution in [3.05, 3.63) is 45.9 Å². The number of fused-ring (bicyclic) bond motifs is 2. The Kier molecular flexibility index (Phi) is 5.16. The van der Waals surface area contributed by atoms with Gasteiger partial charge in [-0.2, -0.15) is 0 Å². The molecule has 33 heavy (non-hydrogen) atoms. The maximum Gasteiger partial charge on any atom is 0.233 e. The summed E-state index contributed by atoms with van der Waals surface area (Å²) >= 11 is 8.05. The number of piperidine rings is 2. The summed E-state index contributed by atoms with van der Waals surface area (Å²) in [7, 11) is 0. The Morgan fingerprint density at radius 1 is 1.15 bits per heavy atom. The van der Waals surface area contributed by atoms with Gasteiger partial charge in [-0.3, -0.25) is 19.5 Å². The van der Waals surface area contributed by atoms with Crippen molar-refractivity contribution >= 4 is 45.0 Å². The van der Waals surface area contributed by atoms with E-state index >= 15 is 0 Å². The number of hydrogen-bond donors (Lipinski definition) is 1. The third kappa shape index (κ3) is 3.72. The Bertz CT molecular complexity index is 1260. The lowest BCUT2D eigenvalue weighted by molar-refractivity contribution is -0.141. The lowest BCUT2D eigenvalue weighted by Crippen LogP contribution is -2.34. The number of amides is 2. The molecule has 2 unspecified atom stereocenters. The predicted molar refractivity (Wildman–Crippen MR) is 128 cm³/mol. The van der Waals surface area contributed by atoms with Crippen LogP contribution in [0.4, 0.5) is 0 Å². The third-order valence-electron chi connectivity index (χ3n) is 6.83. The van der Waals surface area contributed by atoms with Crippen molar-refractivity contribution in [2.24, 2.45) is 11.8 Å². The highest BCUT2D eigenvalue weighted by Crippen LogP contribution is 2.48. The van der Waals surface area contributed by atoms with Gasteiger partial charge in [0.25, 0.3) is 0 Å². The van der Waals surface area contributed by atoms with Crippen LogP contribution in [0, 0.1) is 18.8 Å². The SMILES string of the molecule is Cc1cc(Cl)cc(-c2ccnc3cc(CN4C(=O)C5CC5C4=O)sc23)c1OC1CCNCC1. The second kappa shape index (κ2) is 8.08. The summed E-state index contributed by atoms with van der Waals surface area (Å²) in [6, 6.07) is 7.87. The maximum atomic E-state index is 12.4. The third-order valence-corrected chi connectivity index (χ3v) is 8.19. The van der Waals surface area contributed by atoms with Crippen molar-refractivity contribution in [3.8, 4) is 16.9 Å². The normalized spacial score (nSPS) is 22.8. The van der Waals surface area contributed by atoms with E-state index in [1.165, 1.54) is 4.90 Å². The number of imide groups is 1. The Hall–Kier alpha value is -2.48. The van der Waals surface area contributed by atoms with Crippen LogP contribution >= 0.6 is 22.9 Å². The largest absolute Gasteiger partial charge is 0.489 e. The van der Waals surface area contributed by atoms with E-state index in [2.05, 4.69) is 10.3 Å². The molecule has 4 heterocycles. The smallest absolute Gasteiger partial charge is 0.233 e. The van der Waals surface area contributed by atoms with Crippen molar-refractivity contribution in [3.63, 3.8) is 0 Å². The summed E-state index contributed by atoms with van der Waals surface area (Å²) < 4.78 is 7.53. The monoisotopic (exact) mass is 481 g/mol. The van der Waals surface area contributed by atoms with Gasteiger partial charge in [0.2, 0.25) is 11.8 Å². The Labute approximate surface area is 200 Å². The predicted octanol–water partition coefficient (Wildman–Crippen LogP) is 4.56. The van der Waals surface area contributed by atoms with Crippen LogP contribution in [0.15, 0.2) is 30.5 Å². The fourth-order valence-corrected chi connectivity index (χ4v) is 6.41. The number of benzene rings is 1. The van der Waals surface area contributed by atoms with Gasteiger partial charge in [0.1, 0.15) is 11.9 Å². The quantitative estimate of drug-likeness (QED) is 0.541. The molecule has 170 valence electrons. The minimum absolute atomic E-state index is 0.0289. The molecule has 0 spiro atoms. The van der Waals surface area contributed by atoms with Gasteiger partial charge in [0.15, 0.2) is 0 Å². The molecular weight excluding hydrogens is 458 g/mol. The van der Waals surface area contributed by atoms with Gasteiger partial charge in [-0.25, -0.2) is 0 Å². The number of nitrogens with zero attached hydrogens (tertiary/aromatic N) is 2. The first-order chi connectivity index (χ1) is 16.0. The molecule has 8 heteroatoms. The topological polar surface area (TPSA) is 71.5 Å². The van der Waals surface area contributed by atoms with Crippen LogP contribution in [0.5, 0.6) is 5.75 Å². The molecule has 0 bridgehead atoms. The Balaban J connectivity index is 1.38. The molecule has 2 aliphatic heterocycles. The minimum atomic E-state index is -0.0790. The number of pyridine rings is 1. The molecule has 1 saturated carbocycles. The van der Waals surface area contributed by atoms with E-state index in [0.29, 0.717) is 11.6 Å². The number of rotatable bonds is 5. The summed E-state index contributed by atoms with van der Waals surface area (Å²) in [5.74, 6) is 0.644. The van der Waals surface area contributed by atoms with Crippen LogP contribution in [-0.2, 0) is 16.1 Å². The maximum absolute atomic E-state index is 12.4. The van der Waals surface area contributed by atoms with Crippen molar-refractivity contribution in [1.29, 1.82) is 0 Å². The Morgan fingerprint density at radius 3 is 2.67 bits per heavy atom. The van der Waals surface area contributed by atoms with Gasteiger partial charge in [0, 0.05) is 27.2 Å². The molecule has 1 N–H and O–H groups in total. The van der Waals surface area contributed by atoms with E-state index in [4.69, 9.17) is 16.3 Å². The summed E-state index contributed by atoms with van der Waals surface area (Å²) in [5, 5.41) is 4.04. The van der Waals surface area contributed by atoms with Gasteiger partial charge in [-0.15, -0.1) is 11.3 Å². The summed E-state index contributed by atoms with van der Waals surface area (Å²) in [6.07, 6.45) is 4.62. The average Bonchev–Trinajstić information content (AvgIpc) is 3.44. The summed E-state index contributed by atoms with van der Waals surface area (Å²) in [6.45, 7) is 4.25. The highest BCUT2D eigenvalue weighted by atomic mass is 35.5. The first kappa shape index (κ1) is 21.1. The van der Waals surface area contributed by atoms with Gasteiger partial charge in [-0.1, -0.05) is 11.6 Å². The van der Waals surface area contributed by atoms with E-state index in [1.54, 1.807) is 17.5 Å². The molecule has 6 nitrogen and oxygen atoms in total. The first-order valence-corrected chi connectivity index (χ1v) is 12.6. The number of aromatic nitrogens is 1. The second-order valence-corrected chi connectivity index (χ2v) is 10.7. The van der Waals surface area contributed by atoms with Crippen LogP contribution in [0.3, 0.4) is 0 Å². The van der Waals surface area contributed by atoms with Crippen LogP contribution in [0.1, 0.15) is 29.7 Å². The number of thiophene rings is 1. The number of carbonyl (C=O) groups is 2. The number of halogens is 1. The number of hydrogen-bond acceptors (Lipinski definition) is 6. The molecule has 3 aliphatic rings. The average molecular weight is 482 g/mol. The van der Waals surface area contributed by atoms with Gasteiger partial charge in [0.05, 0.1) is 28.6 Å². The molecule has 3 aromatic rings. The van der Waals surface area contributed by atoms with Crippen LogP contribution < -0.4 is 10.1 Å². The molecule has 6 rings (SSSR count). The van der Waals surface area contributed by atoms with Gasteiger partial charge in [-0.05, 0) is 69.1 Å². The molecule has 1 aromatic carbocycles. The molecule has 2 amide bonds. The first-order valence-electron chi connectivity index (χ1n) is 11.4. The molecule has 0 radical (unpaired) electrons. The fourth-order valence-electron chi connectivity index (χ4n) is 5.01. The molecular formula is C25H24ClN3O3S. The van der Waals surface area contributed by atoms with E-state index in [0.717, 1.165) is 69.9 Å². The molecule has 2 aromatic heterocycles. The number of ether oxygens (including phenoxy) is 1. The van der Waals surface area contributed by atoms with Crippen LogP contribution in [0.2, 0.25) is 5.02 Å². The summed E-state index contributed by atoms with van der Waals surface area (Å²) in [4.78, 5) is 31.8. The zero-order chi connectivity index (χ0) is 22.7.